The molecule has 0 saturated heterocycles. The predicted molar refractivity (Wildman–Crippen MR) is 62.6 cm³/mol. The summed E-state index contributed by atoms with van der Waals surface area (Å²) < 4.78 is 0. The summed E-state index contributed by atoms with van der Waals surface area (Å²) in [6, 6.07) is 0. The van der Waals surface area contributed by atoms with Crippen LogP contribution in [0.1, 0.15) is 12.6 Å². The average Bonchev–Trinajstić information content (AvgIpc) is 2.24. The highest BCUT2D eigenvalue weighted by Gasteiger charge is 2.05. The van der Waals surface area contributed by atoms with Gasteiger partial charge in [-0.25, -0.2) is 4.98 Å². The highest BCUT2D eigenvalue weighted by Crippen LogP contribution is 2.10. The van der Waals surface area contributed by atoms with Crippen LogP contribution in [-0.2, 0) is 0 Å². The number of nitrogen functional groups attached to an aromatic ring is 1. The molecule has 5 heteroatoms. The van der Waals surface area contributed by atoms with Gasteiger partial charge in [-0.2, -0.15) is 5.10 Å². The van der Waals surface area contributed by atoms with Gasteiger partial charge in [0.2, 0.25) is 5.95 Å². The van der Waals surface area contributed by atoms with E-state index in [4.69, 9.17) is 13.6 Å². The number of nitrogens with zero attached hydrogens (tertiary/aromatic N) is 3. The monoisotopic (exact) mass is 198 g/mol. The van der Waals surface area contributed by atoms with Gasteiger partial charge in [-0.3, -0.25) is 0 Å². The number of allylic oxidation sites excluding steroid dienone is 5. The Kier molecular flexibility index (Phi) is 3.79. The van der Waals surface area contributed by atoms with E-state index < -0.39 is 0 Å². The van der Waals surface area contributed by atoms with E-state index in [1.54, 1.807) is 12.2 Å². The van der Waals surface area contributed by atoms with E-state index in [1.165, 1.54) is 0 Å². The average molecular weight is 198 g/mol. The molecular formula is C10H11BN4. The summed E-state index contributed by atoms with van der Waals surface area (Å²) in [5, 5.41) is 7.25. The van der Waals surface area contributed by atoms with E-state index in [0.29, 0.717) is 5.69 Å². The SMILES string of the molecule is [B]c1nnc(N)nc1C(/C=C\C=C)=C/C. The number of hydrogen-bond donors (Lipinski definition) is 1. The Labute approximate surface area is 90.0 Å². The van der Waals surface area contributed by atoms with Crippen LogP contribution in [0.3, 0.4) is 0 Å². The zero-order chi connectivity index (χ0) is 11.3. The second-order valence-corrected chi connectivity index (χ2v) is 2.74. The molecule has 1 aromatic rings. The third kappa shape index (κ3) is 2.77. The van der Waals surface area contributed by atoms with Gasteiger partial charge in [0.25, 0.3) is 0 Å². The van der Waals surface area contributed by atoms with E-state index in [0.717, 1.165) is 5.57 Å². The van der Waals surface area contributed by atoms with Crippen molar-refractivity contribution in [2.45, 2.75) is 6.92 Å². The van der Waals surface area contributed by atoms with Crippen LogP contribution < -0.4 is 11.3 Å². The molecule has 74 valence electrons. The molecule has 15 heavy (non-hydrogen) atoms. The van der Waals surface area contributed by atoms with E-state index >= 15 is 0 Å². The van der Waals surface area contributed by atoms with Crippen molar-refractivity contribution in [1.82, 2.24) is 15.2 Å². The van der Waals surface area contributed by atoms with Crippen molar-refractivity contribution in [3.63, 3.8) is 0 Å². The molecule has 0 aliphatic rings. The van der Waals surface area contributed by atoms with Gasteiger partial charge in [0.05, 0.1) is 5.69 Å². The summed E-state index contributed by atoms with van der Waals surface area (Å²) >= 11 is 0. The molecule has 1 aromatic heterocycles. The van der Waals surface area contributed by atoms with Gasteiger partial charge in [-0.05, 0) is 12.5 Å². The summed E-state index contributed by atoms with van der Waals surface area (Å²) in [6.45, 7) is 5.46. The van der Waals surface area contributed by atoms with Crippen molar-refractivity contribution in [2.75, 3.05) is 5.73 Å². The maximum Gasteiger partial charge on any atom is 0.240 e. The third-order valence-corrected chi connectivity index (χ3v) is 1.73. The normalized spacial score (nSPS) is 11.9. The lowest BCUT2D eigenvalue weighted by molar-refractivity contribution is 1.00. The van der Waals surface area contributed by atoms with E-state index in [1.807, 2.05) is 19.1 Å². The minimum absolute atomic E-state index is 0.102. The van der Waals surface area contributed by atoms with Gasteiger partial charge < -0.3 is 5.73 Å². The number of hydrogen-bond acceptors (Lipinski definition) is 4. The molecule has 0 unspecified atom stereocenters. The van der Waals surface area contributed by atoms with Crippen LogP contribution in [0, 0.1) is 0 Å². The zero-order valence-corrected chi connectivity index (χ0v) is 8.51. The first-order chi connectivity index (χ1) is 7.19. The minimum atomic E-state index is 0.102. The topological polar surface area (TPSA) is 64.7 Å². The molecule has 0 spiro atoms. The highest BCUT2D eigenvalue weighted by atomic mass is 15.2. The van der Waals surface area contributed by atoms with Gasteiger partial charge in [-0.15, -0.1) is 5.10 Å². The van der Waals surface area contributed by atoms with Crippen molar-refractivity contribution < 1.29 is 0 Å². The lowest BCUT2D eigenvalue weighted by Gasteiger charge is -2.04. The van der Waals surface area contributed by atoms with Gasteiger partial charge in [0.15, 0.2) is 0 Å². The predicted octanol–water partition coefficient (Wildman–Crippen LogP) is 0.393. The van der Waals surface area contributed by atoms with Gasteiger partial charge >= 0.3 is 0 Å². The van der Waals surface area contributed by atoms with E-state index in [9.17, 15) is 0 Å². The van der Waals surface area contributed by atoms with Crippen molar-refractivity contribution in [2.24, 2.45) is 0 Å². The second-order valence-electron chi connectivity index (χ2n) is 2.74. The van der Waals surface area contributed by atoms with Crippen LogP contribution >= 0.6 is 0 Å². The molecule has 0 saturated carbocycles. The number of rotatable bonds is 3. The van der Waals surface area contributed by atoms with Crippen molar-refractivity contribution in [3.05, 3.63) is 36.6 Å². The first-order valence-electron chi connectivity index (χ1n) is 4.40. The summed E-state index contributed by atoms with van der Waals surface area (Å²) in [5.41, 5.74) is 7.05. The van der Waals surface area contributed by atoms with E-state index in [2.05, 4.69) is 21.8 Å². The number of nitrogens with two attached hydrogens (primary N) is 1. The minimum Gasteiger partial charge on any atom is -0.366 e. The highest BCUT2D eigenvalue weighted by molar-refractivity contribution is 6.32. The molecule has 4 nitrogen and oxygen atoms in total. The number of anilines is 1. The third-order valence-electron chi connectivity index (χ3n) is 1.73. The fourth-order valence-corrected chi connectivity index (χ4v) is 1.04. The van der Waals surface area contributed by atoms with Crippen LogP contribution in [0.15, 0.2) is 30.9 Å². The molecule has 0 aliphatic carbocycles. The number of aromatic nitrogens is 3. The summed E-state index contributed by atoms with van der Waals surface area (Å²) in [7, 11) is 5.65. The Bertz CT molecular complexity index is 423. The molecule has 0 bridgehead atoms. The first-order valence-corrected chi connectivity index (χ1v) is 4.40. The van der Waals surface area contributed by atoms with Crippen LogP contribution in [0.2, 0.25) is 0 Å². The molecule has 2 radical (unpaired) electrons. The molecule has 1 rings (SSSR count). The van der Waals surface area contributed by atoms with E-state index in [-0.39, 0.29) is 11.5 Å². The molecule has 2 N–H and O–H groups in total. The fourth-order valence-electron chi connectivity index (χ4n) is 1.04. The fraction of sp³-hybridized carbons (Fsp3) is 0.100. The van der Waals surface area contributed by atoms with Crippen molar-refractivity contribution in [1.29, 1.82) is 0 Å². The van der Waals surface area contributed by atoms with Crippen molar-refractivity contribution in [3.8, 4) is 0 Å². The quantitative estimate of drug-likeness (QED) is 0.563. The molecule has 1 heterocycles. The van der Waals surface area contributed by atoms with Crippen LogP contribution in [-0.4, -0.2) is 23.0 Å². The standard InChI is InChI=1S/C10H11BN4/c1-3-5-6-7(4-2)8-9(11)14-15-10(12)13-8/h3-6H,1H2,2H3,(H2,12,13,15)/b6-5-,7-4+. The molecule has 0 amide bonds. The van der Waals surface area contributed by atoms with Crippen LogP contribution in [0.5, 0.6) is 0 Å². The van der Waals surface area contributed by atoms with Crippen molar-refractivity contribution >= 4 is 25.0 Å². The summed E-state index contributed by atoms with van der Waals surface area (Å²) in [5.74, 6) is 0.102. The Morgan fingerprint density at radius 2 is 2.20 bits per heavy atom. The zero-order valence-electron chi connectivity index (χ0n) is 8.51. The van der Waals surface area contributed by atoms with Crippen LogP contribution in [0.4, 0.5) is 5.95 Å². The Hall–Kier alpha value is -1.91. The summed E-state index contributed by atoms with van der Waals surface area (Å²) in [6.07, 6.45) is 7.14. The maximum atomic E-state index is 5.65. The molecule has 0 aliphatic heterocycles. The van der Waals surface area contributed by atoms with Crippen LogP contribution in [0.25, 0.3) is 5.57 Å². The molecule has 0 aromatic carbocycles. The smallest absolute Gasteiger partial charge is 0.240 e. The first kappa shape index (κ1) is 11.2. The molecule has 0 atom stereocenters. The van der Waals surface area contributed by atoms with Gasteiger partial charge in [0.1, 0.15) is 7.85 Å². The largest absolute Gasteiger partial charge is 0.366 e. The Morgan fingerprint density at radius 1 is 1.47 bits per heavy atom. The second kappa shape index (κ2) is 5.09. The lowest BCUT2D eigenvalue weighted by Crippen LogP contribution is -2.19. The lowest BCUT2D eigenvalue weighted by atomic mass is 9.97. The maximum absolute atomic E-state index is 5.65. The molecular weight excluding hydrogens is 187 g/mol. The Balaban J connectivity index is 3.18. The molecule has 0 fully saturated rings. The summed E-state index contributed by atoms with van der Waals surface area (Å²) in [4.78, 5) is 4.02. The van der Waals surface area contributed by atoms with Gasteiger partial charge in [0, 0.05) is 5.59 Å². The Morgan fingerprint density at radius 3 is 2.80 bits per heavy atom. The van der Waals surface area contributed by atoms with Gasteiger partial charge in [-0.1, -0.05) is 30.9 Å².